The number of rotatable bonds is 1. The van der Waals surface area contributed by atoms with Crippen LogP contribution in [0.2, 0.25) is 5.02 Å². The Labute approximate surface area is 95.0 Å². The van der Waals surface area contributed by atoms with Crippen LogP contribution in [0, 0.1) is 0 Å². The summed E-state index contributed by atoms with van der Waals surface area (Å²) in [7, 11) is 0. The lowest BCUT2D eigenvalue weighted by molar-refractivity contribution is 0.944. The highest BCUT2D eigenvalue weighted by Crippen LogP contribution is 2.24. The van der Waals surface area contributed by atoms with Crippen molar-refractivity contribution in [3.63, 3.8) is 0 Å². The van der Waals surface area contributed by atoms with Crippen molar-refractivity contribution in [3.8, 4) is 10.6 Å². The number of halogens is 1. The molecule has 15 heavy (non-hydrogen) atoms. The van der Waals surface area contributed by atoms with Crippen LogP contribution >= 0.6 is 22.9 Å². The fraction of sp³-hybridized carbons (Fsp3) is 0. The van der Waals surface area contributed by atoms with Gasteiger partial charge in [0.15, 0.2) is 5.65 Å². The van der Waals surface area contributed by atoms with Crippen LogP contribution in [-0.4, -0.2) is 14.6 Å². The van der Waals surface area contributed by atoms with Gasteiger partial charge in [-0.15, -0.1) is 11.3 Å². The molecular formula is C10H6ClN3S. The molecule has 3 aromatic heterocycles. The van der Waals surface area contributed by atoms with Gasteiger partial charge in [-0.05, 0) is 11.4 Å². The van der Waals surface area contributed by atoms with E-state index in [2.05, 4.69) is 10.1 Å². The van der Waals surface area contributed by atoms with Crippen LogP contribution < -0.4 is 0 Å². The summed E-state index contributed by atoms with van der Waals surface area (Å²) in [6, 6.07) is 5.99. The van der Waals surface area contributed by atoms with Crippen LogP contribution in [0.5, 0.6) is 0 Å². The normalized spacial score (nSPS) is 11.0. The third-order valence-electron chi connectivity index (χ3n) is 2.06. The van der Waals surface area contributed by atoms with Crippen molar-refractivity contribution in [1.29, 1.82) is 0 Å². The highest BCUT2D eigenvalue weighted by molar-refractivity contribution is 7.13. The van der Waals surface area contributed by atoms with Gasteiger partial charge >= 0.3 is 0 Å². The molecule has 0 radical (unpaired) electrons. The molecular weight excluding hydrogens is 230 g/mol. The van der Waals surface area contributed by atoms with E-state index in [1.165, 1.54) is 0 Å². The standard InChI is InChI=1S/C10H6ClN3S/c11-7-5-12-10-4-8(13-14(10)6-7)9-2-1-3-15-9/h1-6H. The van der Waals surface area contributed by atoms with Gasteiger partial charge in [-0.1, -0.05) is 17.7 Å². The highest BCUT2D eigenvalue weighted by Gasteiger charge is 2.05. The number of nitrogens with zero attached hydrogens (tertiary/aromatic N) is 3. The summed E-state index contributed by atoms with van der Waals surface area (Å²) < 4.78 is 1.69. The summed E-state index contributed by atoms with van der Waals surface area (Å²) in [5.74, 6) is 0. The maximum absolute atomic E-state index is 5.83. The first-order valence-corrected chi connectivity index (χ1v) is 5.63. The monoisotopic (exact) mass is 235 g/mol. The highest BCUT2D eigenvalue weighted by atomic mass is 35.5. The molecule has 0 aliphatic heterocycles. The molecule has 0 spiro atoms. The van der Waals surface area contributed by atoms with E-state index < -0.39 is 0 Å². The smallest absolute Gasteiger partial charge is 0.155 e. The maximum Gasteiger partial charge on any atom is 0.155 e. The van der Waals surface area contributed by atoms with Gasteiger partial charge in [0, 0.05) is 12.3 Å². The lowest BCUT2D eigenvalue weighted by Crippen LogP contribution is -1.88. The molecule has 0 amide bonds. The molecule has 3 nitrogen and oxygen atoms in total. The van der Waals surface area contributed by atoms with Crippen LogP contribution in [0.15, 0.2) is 36.0 Å². The lowest BCUT2D eigenvalue weighted by Gasteiger charge is -1.90. The molecule has 0 N–H and O–H groups in total. The first kappa shape index (κ1) is 8.88. The van der Waals surface area contributed by atoms with Gasteiger partial charge in [0.25, 0.3) is 0 Å². The molecule has 0 saturated heterocycles. The van der Waals surface area contributed by atoms with E-state index in [9.17, 15) is 0 Å². The zero-order valence-corrected chi connectivity index (χ0v) is 9.16. The topological polar surface area (TPSA) is 30.2 Å². The third-order valence-corrected chi connectivity index (χ3v) is 3.14. The number of aromatic nitrogens is 3. The molecule has 5 heteroatoms. The second-order valence-corrected chi connectivity index (χ2v) is 4.47. The molecule has 0 unspecified atom stereocenters. The predicted molar refractivity (Wildman–Crippen MR) is 61.3 cm³/mol. The fourth-order valence-corrected chi connectivity index (χ4v) is 2.22. The Morgan fingerprint density at radius 3 is 3.13 bits per heavy atom. The van der Waals surface area contributed by atoms with Gasteiger partial charge < -0.3 is 0 Å². The van der Waals surface area contributed by atoms with Crippen molar-refractivity contribution >= 4 is 28.6 Å². The number of hydrogen-bond donors (Lipinski definition) is 0. The van der Waals surface area contributed by atoms with Crippen LogP contribution in [0.3, 0.4) is 0 Å². The van der Waals surface area contributed by atoms with Gasteiger partial charge in [0.2, 0.25) is 0 Å². The maximum atomic E-state index is 5.83. The van der Waals surface area contributed by atoms with Gasteiger partial charge in [-0.3, -0.25) is 0 Å². The molecule has 0 aliphatic carbocycles. The molecule has 3 aromatic rings. The minimum atomic E-state index is 0.586. The largest absolute Gasteiger partial charge is 0.235 e. The van der Waals surface area contributed by atoms with Crippen LogP contribution in [0.4, 0.5) is 0 Å². The Morgan fingerprint density at radius 1 is 1.40 bits per heavy atom. The van der Waals surface area contributed by atoms with Crippen LogP contribution in [0.1, 0.15) is 0 Å². The Bertz CT molecular complexity index is 600. The second-order valence-electron chi connectivity index (χ2n) is 3.08. The third kappa shape index (κ3) is 1.52. The molecule has 0 fully saturated rings. The van der Waals surface area contributed by atoms with E-state index in [0.717, 1.165) is 16.2 Å². The van der Waals surface area contributed by atoms with Crippen molar-refractivity contribution in [3.05, 3.63) is 41.0 Å². The fourth-order valence-electron chi connectivity index (χ4n) is 1.40. The zero-order chi connectivity index (χ0) is 10.3. The van der Waals surface area contributed by atoms with E-state index in [1.54, 1.807) is 28.2 Å². The van der Waals surface area contributed by atoms with Crippen molar-refractivity contribution < 1.29 is 0 Å². The molecule has 3 rings (SSSR count). The van der Waals surface area contributed by atoms with E-state index in [0.29, 0.717) is 5.02 Å². The predicted octanol–water partition coefficient (Wildman–Crippen LogP) is 3.11. The van der Waals surface area contributed by atoms with Gasteiger partial charge in [-0.2, -0.15) is 5.10 Å². The average Bonchev–Trinajstić information content (AvgIpc) is 2.84. The molecule has 74 valence electrons. The van der Waals surface area contributed by atoms with Gasteiger partial charge in [0.1, 0.15) is 5.69 Å². The van der Waals surface area contributed by atoms with E-state index in [-0.39, 0.29) is 0 Å². The summed E-state index contributed by atoms with van der Waals surface area (Å²) in [5, 5.41) is 7.01. The molecule has 0 saturated carbocycles. The summed E-state index contributed by atoms with van der Waals surface area (Å²) in [6.45, 7) is 0. The van der Waals surface area contributed by atoms with Crippen molar-refractivity contribution in [2.45, 2.75) is 0 Å². The Balaban J connectivity index is 2.22. The first-order valence-electron chi connectivity index (χ1n) is 4.38. The minimum Gasteiger partial charge on any atom is -0.235 e. The number of fused-ring (bicyclic) bond motifs is 1. The van der Waals surface area contributed by atoms with Gasteiger partial charge in [-0.25, -0.2) is 9.50 Å². The minimum absolute atomic E-state index is 0.586. The van der Waals surface area contributed by atoms with Crippen molar-refractivity contribution in [1.82, 2.24) is 14.6 Å². The Hall–Kier alpha value is -1.39. The van der Waals surface area contributed by atoms with Crippen molar-refractivity contribution in [2.75, 3.05) is 0 Å². The van der Waals surface area contributed by atoms with E-state index in [4.69, 9.17) is 11.6 Å². The zero-order valence-electron chi connectivity index (χ0n) is 7.59. The molecule has 0 aromatic carbocycles. The molecule has 3 heterocycles. The van der Waals surface area contributed by atoms with E-state index in [1.807, 2.05) is 23.6 Å². The second kappa shape index (κ2) is 3.32. The summed E-state index contributed by atoms with van der Waals surface area (Å²) >= 11 is 7.49. The lowest BCUT2D eigenvalue weighted by atomic mass is 10.3. The SMILES string of the molecule is Clc1cnc2cc(-c3cccs3)nn2c1. The average molecular weight is 236 g/mol. The van der Waals surface area contributed by atoms with Crippen molar-refractivity contribution in [2.24, 2.45) is 0 Å². The quantitative estimate of drug-likeness (QED) is 0.649. The molecule has 0 bridgehead atoms. The summed E-state index contributed by atoms with van der Waals surface area (Å²) in [6.07, 6.45) is 3.37. The van der Waals surface area contributed by atoms with E-state index >= 15 is 0 Å². The Morgan fingerprint density at radius 2 is 2.33 bits per heavy atom. The Kier molecular flexibility index (Phi) is 1.97. The first-order chi connectivity index (χ1) is 7.33. The van der Waals surface area contributed by atoms with Crippen LogP contribution in [-0.2, 0) is 0 Å². The van der Waals surface area contributed by atoms with Crippen LogP contribution in [0.25, 0.3) is 16.2 Å². The summed E-state index contributed by atoms with van der Waals surface area (Å²) in [5.41, 5.74) is 1.74. The van der Waals surface area contributed by atoms with Gasteiger partial charge in [0.05, 0.1) is 16.1 Å². The molecule has 0 atom stereocenters. The molecule has 0 aliphatic rings. The summed E-state index contributed by atoms with van der Waals surface area (Å²) in [4.78, 5) is 5.32. The number of thiophene rings is 1. The number of hydrogen-bond acceptors (Lipinski definition) is 3.